The molecule has 0 radical (unpaired) electrons. The van der Waals surface area contributed by atoms with E-state index in [0.29, 0.717) is 66.0 Å². The number of Topliss-reactive ketones (excluding diaryl/α,β-unsaturated/α-hetero) is 1. The number of carbonyl (C=O) groups excluding carboxylic acids is 1. The molecule has 5 unspecified atom stereocenters. The smallest absolute Gasteiger partial charge is 0.309 e. The van der Waals surface area contributed by atoms with E-state index in [1.54, 1.807) is 19.1 Å². The Morgan fingerprint density at radius 3 is 2.37 bits per heavy atom. The molecule has 3 fully saturated rings. The minimum atomic E-state index is -3.43. The van der Waals surface area contributed by atoms with Crippen LogP contribution in [0.4, 0.5) is 8.78 Å². The first-order valence-electron chi connectivity index (χ1n) is 16.7. The molecule has 2 N–H and O–H groups in total. The number of fused-ring (bicyclic) bond motifs is 2. The van der Waals surface area contributed by atoms with Crippen LogP contribution >= 0.6 is 23.2 Å². The van der Waals surface area contributed by atoms with Crippen LogP contribution in [-0.2, 0) is 10.7 Å². The van der Waals surface area contributed by atoms with E-state index in [2.05, 4.69) is 5.10 Å². The third-order valence-corrected chi connectivity index (χ3v) is 11.7. The second kappa shape index (κ2) is 14.1. The number of ketones is 1. The number of aliphatic carboxylic acids is 1. The quantitative estimate of drug-likeness (QED) is 0.162. The van der Waals surface area contributed by atoms with Gasteiger partial charge in [0.2, 0.25) is 0 Å². The van der Waals surface area contributed by atoms with E-state index in [1.165, 1.54) is 43.1 Å². The highest BCUT2D eigenvalue weighted by molar-refractivity contribution is 6.36. The van der Waals surface area contributed by atoms with E-state index in [1.807, 2.05) is 6.92 Å². The molecule has 0 amide bonds. The van der Waals surface area contributed by atoms with Crippen molar-refractivity contribution in [2.45, 2.75) is 116 Å². The molecule has 5 atom stereocenters. The highest BCUT2D eigenvalue weighted by atomic mass is 35.5. The van der Waals surface area contributed by atoms with Crippen LogP contribution < -0.4 is 0 Å². The lowest BCUT2D eigenvalue weighted by molar-refractivity contribution is -0.150. The molecule has 252 valence electrons. The number of halogens is 4. The van der Waals surface area contributed by atoms with Gasteiger partial charge < -0.3 is 10.2 Å². The summed E-state index contributed by atoms with van der Waals surface area (Å²) in [6, 6.07) is 3.10. The molecule has 3 aliphatic carbocycles. The van der Waals surface area contributed by atoms with Crippen molar-refractivity contribution in [2.24, 2.45) is 29.1 Å². The van der Waals surface area contributed by atoms with Crippen molar-refractivity contribution < 1.29 is 28.6 Å². The fraction of sp³-hybridized carbons (Fsp3) is 0.639. The molecule has 1 aromatic carbocycles. The maximum atomic E-state index is 15.8. The average Bonchev–Trinajstić information content (AvgIpc) is 3.72. The number of rotatable bonds is 13. The number of hydrogen-bond donors (Lipinski definition) is 2. The Morgan fingerprint density at radius 2 is 1.80 bits per heavy atom. The van der Waals surface area contributed by atoms with Gasteiger partial charge in [-0.05, 0) is 132 Å². The molecule has 2 aromatic rings. The Morgan fingerprint density at radius 1 is 1.13 bits per heavy atom. The summed E-state index contributed by atoms with van der Waals surface area (Å²) in [5.74, 6) is -2.98. The third-order valence-electron chi connectivity index (χ3n) is 11.1. The SMILES string of the molecule is CC=CC(F)(F)c1c(C(=O)CC(CCC(O)c2c(Cl)cc(C)cc2Cl)CC2CC3CCC2C3)cnn1C1CCC(C)(C(=O)O)CC1. The zero-order chi connectivity index (χ0) is 33.4. The molecule has 46 heavy (non-hydrogen) atoms. The second-order valence-electron chi connectivity index (χ2n) is 14.5. The first-order chi connectivity index (χ1) is 21.7. The first kappa shape index (κ1) is 35.0. The Bertz CT molecular complexity index is 1440. The third kappa shape index (κ3) is 7.39. The van der Waals surface area contributed by atoms with Gasteiger partial charge in [0.25, 0.3) is 0 Å². The van der Waals surface area contributed by atoms with Crippen LogP contribution in [0.25, 0.3) is 0 Å². The van der Waals surface area contributed by atoms with E-state index in [9.17, 15) is 19.8 Å². The minimum absolute atomic E-state index is 0.0718. The number of carboxylic acid groups (broad SMARTS) is 1. The number of aromatic nitrogens is 2. The number of benzene rings is 1. The standard InChI is InChI=1S/C36H46Cl2F2N2O4/c1-4-11-36(39,40)33-27(20-41-42(33)26-9-12-35(3,13-10-26)34(45)46)31(44)19-23(18-25-17-22-5-7-24(25)16-22)6-8-30(43)32-28(37)14-21(2)15-29(32)38/h4,11,14-15,20,22-26,30,43H,5-10,12-13,16-19H2,1-3H3,(H,45,46). The molecular formula is C36H46Cl2F2N2O4. The number of allylic oxidation sites excluding steroid dienone is 2. The number of hydrogen-bond acceptors (Lipinski definition) is 4. The van der Waals surface area contributed by atoms with E-state index < -0.39 is 35.1 Å². The molecule has 1 aromatic heterocycles. The van der Waals surface area contributed by atoms with Crippen LogP contribution in [0.15, 0.2) is 30.5 Å². The van der Waals surface area contributed by atoms with Gasteiger partial charge in [-0.25, -0.2) is 0 Å². The lowest BCUT2D eigenvalue weighted by atomic mass is 9.74. The molecule has 0 aliphatic heterocycles. The Labute approximate surface area is 280 Å². The van der Waals surface area contributed by atoms with Gasteiger partial charge in [-0.15, -0.1) is 0 Å². The Balaban J connectivity index is 1.39. The molecule has 3 saturated carbocycles. The summed E-state index contributed by atoms with van der Waals surface area (Å²) in [5, 5.41) is 26.0. The van der Waals surface area contributed by atoms with Gasteiger partial charge in [0, 0.05) is 22.0 Å². The molecule has 0 spiro atoms. The van der Waals surface area contributed by atoms with Crippen molar-refractivity contribution in [3.63, 3.8) is 0 Å². The van der Waals surface area contributed by atoms with Crippen molar-refractivity contribution in [1.29, 1.82) is 0 Å². The maximum absolute atomic E-state index is 15.8. The van der Waals surface area contributed by atoms with Crippen molar-refractivity contribution in [2.75, 3.05) is 0 Å². The van der Waals surface area contributed by atoms with Gasteiger partial charge in [0.15, 0.2) is 5.78 Å². The zero-order valence-electron chi connectivity index (χ0n) is 27.0. The topological polar surface area (TPSA) is 92.4 Å². The van der Waals surface area contributed by atoms with Gasteiger partial charge in [0.1, 0.15) is 5.69 Å². The summed E-state index contributed by atoms with van der Waals surface area (Å²) in [5.41, 5.74) is -0.0474. The molecule has 1 heterocycles. The van der Waals surface area contributed by atoms with Crippen molar-refractivity contribution >= 4 is 35.0 Å². The number of aryl methyl sites for hydroxylation is 1. The molecule has 10 heteroatoms. The minimum Gasteiger partial charge on any atom is -0.481 e. The molecule has 5 rings (SSSR count). The number of nitrogens with zero attached hydrogens (tertiary/aromatic N) is 2. The lowest BCUT2D eigenvalue weighted by Crippen LogP contribution is -2.34. The zero-order valence-corrected chi connectivity index (χ0v) is 28.5. The van der Waals surface area contributed by atoms with E-state index in [0.717, 1.165) is 30.4 Å². The molecule has 0 saturated heterocycles. The van der Waals surface area contributed by atoms with Gasteiger partial charge in [0.05, 0.1) is 29.3 Å². The van der Waals surface area contributed by atoms with Gasteiger partial charge in [-0.2, -0.15) is 13.9 Å². The predicted molar refractivity (Wildman–Crippen MR) is 176 cm³/mol. The second-order valence-corrected chi connectivity index (χ2v) is 15.3. The summed E-state index contributed by atoms with van der Waals surface area (Å²) in [6.45, 7) is 5.08. The van der Waals surface area contributed by atoms with Crippen LogP contribution in [0.1, 0.15) is 130 Å². The van der Waals surface area contributed by atoms with Gasteiger partial charge >= 0.3 is 11.9 Å². The number of carboxylic acids is 1. The van der Waals surface area contributed by atoms with E-state index in [-0.39, 0.29) is 23.7 Å². The summed E-state index contributed by atoms with van der Waals surface area (Å²) >= 11 is 12.9. The summed E-state index contributed by atoms with van der Waals surface area (Å²) in [6.07, 6.45) is 10.4. The molecule has 3 aliphatic rings. The monoisotopic (exact) mass is 678 g/mol. The fourth-order valence-corrected chi connectivity index (χ4v) is 9.35. The Hall–Kier alpha value is -2.29. The molecular weight excluding hydrogens is 633 g/mol. The summed E-state index contributed by atoms with van der Waals surface area (Å²) < 4.78 is 32.8. The number of aliphatic hydroxyl groups is 1. The van der Waals surface area contributed by atoms with Crippen LogP contribution in [0.3, 0.4) is 0 Å². The number of carbonyl (C=O) groups is 2. The normalized spacial score (nSPS) is 27.7. The Kier molecular flexibility index (Phi) is 10.7. The predicted octanol–water partition coefficient (Wildman–Crippen LogP) is 9.90. The highest BCUT2D eigenvalue weighted by Crippen LogP contribution is 2.51. The van der Waals surface area contributed by atoms with Gasteiger partial charge in [-0.3, -0.25) is 14.3 Å². The maximum Gasteiger partial charge on any atom is 0.309 e. The van der Waals surface area contributed by atoms with Crippen molar-refractivity contribution in [3.05, 3.63) is 62.9 Å². The first-order valence-corrected chi connectivity index (χ1v) is 17.5. The van der Waals surface area contributed by atoms with Crippen molar-refractivity contribution in [3.8, 4) is 0 Å². The number of alkyl halides is 2. The molecule has 6 nitrogen and oxygen atoms in total. The van der Waals surface area contributed by atoms with E-state index in [4.69, 9.17) is 23.2 Å². The average molecular weight is 680 g/mol. The summed E-state index contributed by atoms with van der Waals surface area (Å²) in [7, 11) is 0. The largest absolute Gasteiger partial charge is 0.481 e. The van der Waals surface area contributed by atoms with Crippen LogP contribution in [-0.4, -0.2) is 31.7 Å². The van der Waals surface area contributed by atoms with Crippen LogP contribution in [0, 0.1) is 36.0 Å². The summed E-state index contributed by atoms with van der Waals surface area (Å²) in [4.78, 5) is 25.8. The van der Waals surface area contributed by atoms with Gasteiger partial charge in [-0.1, -0.05) is 35.7 Å². The molecule has 2 bridgehead atoms. The van der Waals surface area contributed by atoms with Crippen LogP contribution in [0.5, 0.6) is 0 Å². The highest BCUT2D eigenvalue weighted by Gasteiger charge is 2.44. The van der Waals surface area contributed by atoms with Crippen LogP contribution in [0.2, 0.25) is 10.0 Å². The van der Waals surface area contributed by atoms with E-state index >= 15 is 8.78 Å². The lowest BCUT2D eigenvalue weighted by Gasteiger charge is -2.35. The van der Waals surface area contributed by atoms with Crippen molar-refractivity contribution in [1.82, 2.24) is 9.78 Å². The number of aliphatic hydroxyl groups excluding tert-OH is 1. The fourth-order valence-electron chi connectivity index (χ4n) is 8.50.